The zero-order chi connectivity index (χ0) is 21.5. The van der Waals surface area contributed by atoms with Gasteiger partial charge in [-0.3, -0.25) is 4.79 Å². The average Bonchev–Trinajstić information content (AvgIpc) is 3.43. The minimum absolute atomic E-state index is 0.0642. The average molecular weight is 474 g/mol. The molecule has 0 saturated carbocycles. The summed E-state index contributed by atoms with van der Waals surface area (Å²) in [5.41, 5.74) is 1.19. The molecule has 1 amide bonds. The Kier molecular flexibility index (Phi) is 5.66. The van der Waals surface area contributed by atoms with Gasteiger partial charge in [0.1, 0.15) is 15.6 Å². The molecule has 0 unspecified atom stereocenters. The summed E-state index contributed by atoms with van der Waals surface area (Å²) in [6.45, 7) is -0.0780. The molecule has 1 fully saturated rings. The normalized spacial score (nSPS) is 15.5. The monoisotopic (exact) mass is 473 g/mol. The second-order valence-corrected chi connectivity index (χ2v) is 9.96. The van der Waals surface area contributed by atoms with Gasteiger partial charge >= 0.3 is 0 Å². The first-order valence-electron chi connectivity index (χ1n) is 8.70. The highest BCUT2D eigenvalue weighted by atomic mass is 32.2. The molecular weight excluding hydrogens is 459 g/mol. The van der Waals surface area contributed by atoms with Crippen molar-refractivity contribution in [2.24, 2.45) is 0 Å². The summed E-state index contributed by atoms with van der Waals surface area (Å²) in [5, 5.41) is 6.20. The third-order valence-corrected chi connectivity index (χ3v) is 8.13. The van der Waals surface area contributed by atoms with E-state index in [2.05, 4.69) is 4.98 Å². The lowest BCUT2D eigenvalue weighted by atomic mass is 10.3. The van der Waals surface area contributed by atoms with Crippen LogP contribution in [0.3, 0.4) is 0 Å². The number of benzene rings is 1. The molecule has 158 valence electrons. The number of piperazine rings is 1. The Morgan fingerprint density at radius 2 is 1.73 bits per heavy atom. The zero-order valence-electron chi connectivity index (χ0n) is 15.2. The van der Waals surface area contributed by atoms with Crippen molar-refractivity contribution in [3.63, 3.8) is 0 Å². The largest absolute Gasteiger partial charge is 0.335 e. The standard InChI is InChI=1S/C18H14F3N3O3S3/c19-12-1-2-14(16(21)15(12)20)30(26,27)24-6-4-23(5-7-24)18(25)13-10-29-17(22-13)11-3-8-28-9-11/h1-3,8-10H,4-7H2. The molecule has 0 N–H and O–H groups in total. The number of hydrogen-bond donors (Lipinski definition) is 0. The van der Waals surface area contributed by atoms with Gasteiger partial charge in [0.05, 0.1) is 0 Å². The number of halogens is 3. The molecule has 1 saturated heterocycles. The number of hydrogen-bond acceptors (Lipinski definition) is 6. The van der Waals surface area contributed by atoms with Crippen LogP contribution in [0.25, 0.3) is 10.6 Å². The highest BCUT2D eigenvalue weighted by Crippen LogP contribution is 2.27. The van der Waals surface area contributed by atoms with Crippen LogP contribution in [0.5, 0.6) is 0 Å². The highest BCUT2D eigenvalue weighted by Gasteiger charge is 2.34. The van der Waals surface area contributed by atoms with Gasteiger partial charge in [0.15, 0.2) is 17.5 Å². The zero-order valence-corrected chi connectivity index (χ0v) is 17.7. The van der Waals surface area contributed by atoms with Gasteiger partial charge in [-0.1, -0.05) is 0 Å². The summed E-state index contributed by atoms with van der Waals surface area (Å²) in [7, 11) is -4.37. The van der Waals surface area contributed by atoms with E-state index >= 15 is 0 Å². The Morgan fingerprint density at radius 3 is 2.40 bits per heavy atom. The lowest BCUT2D eigenvalue weighted by Crippen LogP contribution is -2.50. The second-order valence-electron chi connectivity index (χ2n) is 6.42. The van der Waals surface area contributed by atoms with Crippen molar-refractivity contribution < 1.29 is 26.4 Å². The number of sulfonamides is 1. The van der Waals surface area contributed by atoms with Gasteiger partial charge < -0.3 is 4.90 Å². The van der Waals surface area contributed by atoms with Gasteiger partial charge in [0.25, 0.3) is 5.91 Å². The van der Waals surface area contributed by atoms with E-state index < -0.39 is 32.4 Å². The first kappa shape index (κ1) is 21.0. The molecule has 1 aromatic carbocycles. The molecule has 12 heteroatoms. The van der Waals surface area contributed by atoms with Crippen molar-refractivity contribution in [1.29, 1.82) is 0 Å². The van der Waals surface area contributed by atoms with Crippen molar-refractivity contribution in [2.75, 3.05) is 26.2 Å². The van der Waals surface area contributed by atoms with Gasteiger partial charge in [-0.15, -0.1) is 11.3 Å². The predicted octanol–water partition coefficient (Wildman–Crippen LogP) is 3.44. The predicted molar refractivity (Wildman–Crippen MR) is 106 cm³/mol. The molecule has 2 aromatic heterocycles. The lowest BCUT2D eigenvalue weighted by Gasteiger charge is -2.33. The lowest BCUT2D eigenvalue weighted by molar-refractivity contribution is 0.0692. The molecule has 0 spiro atoms. The van der Waals surface area contributed by atoms with Crippen molar-refractivity contribution in [3.8, 4) is 10.6 Å². The molecule has 0 bridgehead atoms. The van der Waals surface area contributed by atoms with Crippen LogP contribution < -0.4 is 0 Å². The maximum atomic E-state index is 14.0. The van der Waals surface area contributed by atoms with Crippen LogP contribution >= 0.6 is 22.7 Å². The van der Waals surface area contributed by atoms with Crippen LogP contribution in [-0.4, -0.2) is 54.7 Å². The first-order chi connectivity index (χ1) is 14.3. The van der Waals surface area contributed by atoms with E-state index in [0.29, 0.717) is 12.1 Å². The third-order valence-electron chi connectivity index (χ3n) is 4.63. The maximum Gasteiger partial charge on any atom is 0.273 e. The fourth-order valence-electron chi connectivity index (χ4n) is 3.03. The van der Waals surface area contributed by atoms with Gasteiger partial charge in [-0.2, -0.15) is 15.6 Å². The van der Waals surface area contributed by atoms with E-state index in [-0.39, 0.29) is 37.8 Å². The van der Waals surface area contributed by atoms with Crippen molar-refractivity contribution in [3.05, 3.63) is 57.5 Å². The number of thiophene rings is 1. The van der Waals surface area contributed by atoms with Crippen molar-refractivity contribution in [1.82, 2.24) is 14.2 Å². The summed E-state index contributed by atoms with van der Waals surface area (Å²) < 4.78 is 66.8. The number of carbonyl (C=O) groups is 1. The van der Waals surface area contributed by atoms with E-state index in [1.54, 1.807) is 5.38 Å². The summed E-state index contributed by atoms with van der Waals surface area (Å²) in [6.07, 6.45) is 0. The number of rotatable bonds is 4. The minimum Gasteiger partial charge on any atom is -0.335 e. The molecule has 30 heavy (non-hydrogen) atoms. The molecule has 3 heterocycles. The van der Waals surface area contributed by atoms with E-state index in [0.717, 1.165) is 14.9 Å². The number of aromatic nitrogens is 1. The Labute approximate surface area is 178 Å². The van der Waals surface area contributed by atoms with Crippen LogP contribution in [0, 0.1) is 17.5 Å². The van der Waals surface area contributed by atoms with Crippen LogP contribution in [0.4, 0.5) is 13.2 Å². The SMILES string of the molecule is O=C(c1csc(-c2ccsc2)n1)N1CCN(S(=O)(=O)c2ccc(F)c(F)c2F)CC1. The van der Waals surface area contributed by atoms with Crippen LogP contribution in [-0.2, 0) is 10.0 Å². The molecule has 0 aliphatic carbocycles. The van der Waals surface area contributed by atoms with Gasteiger partial charge in [-0.05, 0) is 23.6 Å². The molecule has 6 nitrogen and oxygen atoms in total. The highest BCUT2D eigenvalue weighted by molar-refractivity contribution is 7.89. The van der Waals surface area contributed by atoms with E-state index in [1.807, 2.05) is 16.8 Å². The third kappa shape index (κ3) is 3.75. The molecule has 0 atom stereocenters. The Morgan fingerprint density at radius 1 is 1.00 bits per heavy atom. The van der Waals surface area contributed by atoms with Crippen LogP contribution in [0.1, 0.15) is 10.5 Å². The summed E-state index contributed by atoms with van der Waals surface area (Å²) in [6, 6.07) is 3.17. The van der Waals surface area contributed by atoms with Gasteiger partial charge in [0, 0.05) is 42.5 Å². The number of carbonyl (C=O) groups excluding carboxylic acids is 1. The summed E-state index contributed by atoms with van der Waals surface area (Å²) in [4.78, 5) is 17.6. The smallest absolute Gasteiger partial charge is 0.273 e. The summed E-state index contributed by atoms with van der Waals surface area (Å²) in [5.74, 6) is -5.39. The molecule has 1 aliphatic rings. The van der Waals surface area contributed by atoms with Crippen molar-refractivity contribution >= 4 is 38.6 Å². The van der Waals surface area contributed by atoms with Crippen LogP contribution in [0.2, 0.25) is 0 Å². The summed E-state index contributed by atoms with van der Waals surface area (Å²) >= 11 is 2.86. The molecule has 0 radical (unpaired) electrons. The first-order valence-corrected chi connectivity index (χ1v) is 12.0. The Balaban J connectivity index is 1.46. The number of amides is 1. The second kappa shape index (κ2) is 8.10. The number of nitrogens with zero attached hydrogens (tertiary/aromatic N) is 3. The topological polar surface area (TPSA) is 70.6 Å². The fourth-order valence-corrected chi connectivity index (χ4v) is 6.02. The van der Waals surface area contributed by atoms with Crippen LogP contribution in [0.15, 0.2) is 39.2 Å². The minimum atomic E-state index is -4.37. The quantitative estimate of drug-likeness (QED) is 0.545. The Hall–Kier alpha value is -2.28. The van der Waals surface area contributed by atoms with E-state index in [9.17, 15) is 26.4 Å². The molecular formula is C18H14F3N3O3S3. The molecule has 4 rings (SSSR count). The van der Waals surface area contributed by atoms with E-state index in [4.69, 9.17) is 0 Å². The fraction of sp³-hybridized carbons (Fsp3) is 0.222. The maximum absolute atomic E-state index is 14.0. The van der Waals surface area contributed by atoms with E-state index in [1.165, 1.54) is 27.6 Å². The van der Waals surface area contributed by atoms with Gasteiger partial charge in [-0.25, -0.2) is 26.6 Å². The molecule has 3 aromatic rings. The van der Waals surface area contributed by atoms with Crippen molar-refractivity contribution in [2.45, 2.75) is 4.90 Å². The van der Waals surface area contributed by atoms with Gasteiger partial charge in [0.2, 0.25) is 10.0 Å². The Bertz CT molecular complexity index is 1190. The molecule has 1 aliphatic heterocycles. The number of thiazole rings is 1.